The first-order chi connectivity index (χ1) is 6.88. The molecule has 0 aliphatic heterocycles. The highest BCUT2D eigenvalue weighted by Crippen LogP contribution is 2.27. The first-order valence-corrected chi connectivity index (χ1v) is 4.88. The van der Waals surface area contributed by atoms with Crippen molar-refractivity contribution in [1.29, 1.82) is 0 Å². The SMILES string of the molecule is ClC(c1cc#ccc1)c1ccccc1. The lowest BCUT2D eigenvalue weighted by molar-refractivity contribution is 1.14. The highest BCUT2D eigenvalue weighted by atomic mass is 35.5. The molecule has 0 saturated carbocycles. The van der Waals surface area contributed by atoms with E-state index < -0.39 is 0 Å². The lowest BCUT2D eigenvalue weighted by Gasteiger charge is -2.08. The van der Waals surface area contributed by atoms with E-state index in [0.29, 0.717) is 0 Å². The Morgan fingerprint density at radius 2 is 1.71 bits per heavy atom. The monoisotopic (exact) mass is 200 g/mol. The van der Waals surface area contributed by atoms with Gasteiger partial charge in [-0.25, -0.2) is 0 Å². The van der Waals surface area contributed by atoms with Crippen molar-refractivity contribution in [3.8, 4) is 0 Å². The maximum absolute atomic E-state index is 6.30. The van der Waals surface area contributed by atoms with Crippen LogP contribution in [-0.4, -0.2) is 0 Å². The third-order valence-corrected chi connectivity index (χ3v) is 2.57. The van der Waals surface area contributed by atoms with Crippen LogP contribution in [0.5, 0.6) is 0 Å². The van der Waals surface area contributed by atoms with Crippen molar-refractivity contribution in [2.45, 2.75) is 5.38 Å². The molecule has 2 aromatic carbocycles. The standard InChI is InChI=1S/C13H9Cl/c14-13(11-7-3-1-4-8-11)12-9-5-2-6-10-12/h1,3-5,7-10,13H. The predicted octanol–water partition coefficient (Wildman–Crippen LogP) is 3.62. The fraction of sp³-hybridized carbons (Fsp3) is 0.0769. The first-order valence-electron chi connectivity index (χ1n) is 4.44. The van der Waals surface area contributed by atoms with E-state index in [4.69, 9.17) is 11.6 Å². The van der Waals surface area contributed by atoms with E-state index in [-0.39, 0.29) is 5.38 Å². The second-order valence-corrected chi connectivity index (χ2v) is 3.48. The van der Waals surface area contributed by atoms with Crippen LogP contribution in [0.4, 0.5) is 0 Å². The summed E-state index contributed by atoms with van der Waals surface area (Å²) in [5, 5.41) is -0.0953. The maximum atomic E-state index is 6.30. The van der Waals surface area contributed by atoms with E-state index in [1.54, 1.807) is 0 Å². The third kappa shape index (κ3) is 1.89. The number of alkyl halides is 1. The lowest BCUT2D eigenvalue weighted by atomic mass is 10.1. The van der Waals surface area contributed by atoms with Gasteiger partial charge in [-0.3, -0.25) is 0 Å². The quantitative estimate of drug-likeness (QED) is 0.650. The van der Waals surface area contributed by atoms with Crippen molar-refractivity contribution in [1.82, 2.24) is 0 Å². The Morgan fingerprint density at radius 3 is 2.36 bits per heavy atom. The summed E-state index contributed by atoms with van der Waals surface area (Å²) in [5.74, 6) is 0. The van der Waals surface area contributed by atoms with Crippen LogP contribution < -0.4 is 0 Å². The zero-order valence-corrected chi connectivity index (χ0v) is 8.33. The summed E-state index contributed by atoms with van der Waals surface area (Å²) in [6.07, 6.45) is 0. The summed E-state index contributed by atoms with van der Waals surface area (Å²) in [7, 11) is 0. The molecule has 0 saturated heterocycles. The summed E-state index contributed by atoms with van der Waals surface area (Å²) in [6.45, 7) is 0. The molecule has 0 N–H and O–H groups in total. The van der Waals surface area contributed by atoms with E-state index in [2.05, 4.69) is 12.1 Å². The molecule has 1 unspecified atom stereocenters. The van der Waals surface area contributed by atoms with Gasteiger partial charge in [-0.05, 0) is 29.3 Å². The van der Waals surface area contributed by atoms with Gasteiger partial charge in [0.1, 0.15) is 0 Å². The fourth-order valence-corrected chi connectivity index (χ4v) is 1.61. The zero-order valence-electron chi connectivity index (χ0n) is 7.57. The summed E-state index contributed by atoms with van der Waals surface area (Å²) in [5.41, 5.74) is 2.16. The van der Waals surface area contributed by atoms with Crippen LogP contribution in [0.1, 0.15) is 16.5 Å². The molecule has 1 atom stereocenters. The fourth-order valence-electron chi connectivity index (χ4n) is 1.33. The Bertz CT molecular complexity index is 341. The Hall–Kier alpha value is -1.45. The van der Waals surface area contributed by atoms with Gasteiger partial charge in [0.2, 0.25) is 0 Å². The molecule has 1 heteroatoms. The summed E-state index contributed by atoms with van der Waals surface area (Å²) in [6, 6.07) is 21.4. The van der Waals surface area contributed by atoms with E-state index in [0.717, 1.165) is 11.1 Å². The molecule has 0 nitrogen and oxygen atoms in total. The number of halogens is 1. The van der Waals surface area contributed by atoms with Crippen LogP contribution in [0.3, 0.4) is 0 Å². The predicted molar refractivity (Wildman–Crippen MR) is 58.3 cm³/mol. The molecule has 0 fully saturated rings. The third-order valence-electron chi connectivity index (χ3n) is 2.07. The highest BCUT2D eigenvalue weighted by Gasteiger charge is 2.08. The van der Waals surface area contributed by atoms with Gasteiger partial charge < -0.3 is 0 Å². The Kier molecular flexibility index (Phi) is 2.72. The number of rotatable bonds is 2. The van der Waals surface area contributed by atoms with Gasteiger partial charge >= 0.3 is 0 Å². The van der Waals surface area contributed by atoms with Crippen LogP contribution in [0.2, 0.25) is 0 Å². The number of hydrogen-bond acceptors (Lipinski definition) is 0. The van der Waals surface area contributed by atoms with Crippen molar-refractivity contribution in [3.63, 3.8) is 0 Å². The van der Waals surface area contributed by atoms with Crippen molar-refractivity contribution in [3.05, 3.63) is 71.8 Å². The average Bonchev–Trinajstić information content (AvgIpc) is 2.30. The minimum absolute atomic E-state index is 0.0953. The van der Waals surface area contributed by atoms with Crippen LogP contribution >= 0.6 is 11.6 Å². The van der Waals surface area contributed by atoms with Gasteiger partial charge in [-0.1, -0.05) is 42.5 Å². The number of hydrogen-bond donors (Lipinski definition) is 0. The molecule has 0 aliphatic rings. The molecule has 2 aromatic rings. The Morgan fingerprint density at radius 1 is 0.929 bits per heavy atom. The second-order valence-electron chi connectivity index (χ2n) is 3.04. The number of benzene rings is 1. The first kappa shape index (κ1) is 9.12. The molecule has 2 rings (SSSR count). The molecule has 0 spiro atoms. The van der Waals surface area contributed by atoms with Crippen molar-refractivity contribution >= 4 is 11.6 Å². The van der Waals surface area contributed by atoms with Crippen molar-refractivity contribution in [2.75, 3.05) is 0 Å². The van der Waals surface area contributed by atoms with Gasteiger partial charge in [0.05, 0.1) is 5.38 Å². The van der Waals surface area contributed by atoms with Crippen LogP contribution in [0.15, 0.2) is 48.5 Å². The van der Waals surface area contributed by atoms with Gasteiger partial charge in [0.25, 0.3) is 0 Å². The summed E-state index contributed by atoms with van der Waals surface area (Å²) in [4.78, 5) is 0. The molecule has 0 amide bonds. The van der Waals surface area contributed by atoms with E-state index in [1.807, 2.05) is 48.5 Å². The molecule has 0 aliphatic carbocycles. The van der Waals surface area contributed by atoms with Gasteiger partial charge in [0.15, 0.2) is 0 Å². The molecule has 0 bridgehead atoms. The minimum atomic E-state index is -0.0953. The second kappa shape index (κ2) is 4.17. The van der Waals surface area contributed by atoms with Crippen molar-refractivity contribution in [2.24, 2.45) is 0 Å². The van der Waals surface area contributed by atoms with Gasteiger partial charge in [0, 0.05) is 0 Å². The lowest BCUT2D eigenvalue weighted by Crippen LogP contribution is -1.91. The largest absolute Gasteiger partial charge is 0.113 e. The average molecular weight is 201 g/mol. The van der Waals surface area contributed by atoms with E-state index >= 15 is 0 Å². The summed E-state index contributed by atoms with van der Waals surface area (Å²) >= 11 is 6.30. The van der Waals surface area contributed by atoms with Crippen LogP contribution in [0.25, 0.3) is 0 Å². The normalized spacial score (nSPS) is 9.86. The Balaban J connectivity index is 2.30. The van der Waals surface area contributed by atoms with E-state index in [9.17, 15) is 0 Å². The summed E-state index contributed by atoms with van der Waals surface area (Å²) < 4.78 is 0. The highest BCUT2D eigenvalue weighted by molar-refractivity contribution is 6.22. The van der Waals surface area contributed by atoms with Gasteiger partial charge in [-0.15, -0.1) is 11.6 Å². The molecular weight excluding hydrogens is 192 g/mol. The Labute approximate surface area is 89.2 Å². The van der Waals surface area contributed by atoms with Gasteiger partial charge in [-0.2, -0.15) is 0 Å². The molecular formula is C13H9Cl. The zero-order chi connectivity index (χ0) is 9.80. The molecule has 14 heavy (non-hydrogen) atoms. The van der Waals surface area contributed by atoms with Crippen LogP contribution in [-0.2, 0) is 0 Å². The topological polar surface area (TPSA) is 0 Å². The van der Waals surface area contributed by atoms with Crippen molar-refractivity contribution < 1.29 is 0 Å². The van der Waals surface area contributed by atoms with Crippen LogP contribution in [0, 0.1) is 12.1 Å². The molecule has 0 radical (unpaired) electrons. The molecule has 0 aromatic heterocycles. The molecule has 68 valence electrons. The van der Waals surface area contributed by atoms with E-state index in [1.165, 1.54) is 0 Å². The smallest absolute Gasteiger partial charge is 0.0841 e. The minimum Gasteiger partial charge on any atom is -0.113 e. The molecule has 0 heterocycles. The maximum Gasteiger partial charge on any atom is 0.0841 e.